The van der Waals surface area contributed by atoms with Crippen LogP contribution in [0.3, 0.4) is 0 Å². The van der Waals surface area contributed by atoms with Crippen LogP contribution < -0.4 is 86.2 Å². The molecule has 2 aromatic heterocycles. The summed E-state index contributed by atoms with van der Waals surface area (Å²) in [7, 11) is 5.29. The van der Waals surface area contributed by atoms with Crippen LogP contribution in [-0.2, 0) is 117 Å². The maximum Gasteiger partial charge on any atom is 0.323 e. The molecule has 0 unspecified atom stereocenters. The van der Waals surface area contributed by atoms with Gasteiger partial charge in [-0.2, -0.15) is 0 Å². The highest BCUT2D eigenvalue weighted by molar-refractivity contribution is 6.03. The van der Waals surface area contributed by atoms with Gasteiger partial charge in [0.1, 0.15) is 96.9 Å². The minimum absolute atomic E-state index is 0.0152. The van der Waals surface area contributed by atoms with Crippen molar-refractivity contribution in [2.24, 2.45) is 28.9 Å². The van der Waals surface area contributed by atoms with Gasteiger partial charge in [-0.3, -0.25) is 91.1 Å². The molecule has 17 amide bonds. The van der Waals surface area contributed by atoms with Gasteiger partial charge < -0.3 is 136 Å². The number of nitrogens with zero attached hydrogens (tertiary/aromatic N) is 6. The Morgan fingerprint density at radius 1 is 0.551 bits per heavy atom. The van der Waals surface area contributed by atoms with Crippen molar-refractivity contribution in [2.45, 2.75) is 241 Å². The molecule has 23 N–H and O–H groups in total. The Kier molecular flexibility index (Phi) is 40.5. The Morgan fingerprint density at radius 2 is 1.12 bits per heavy atom. The number of aliphatic hydroxyl groups is 1. The molecule has 45 heteroatoms. The van der Waals surface area contributed by atoms with Gasteiger partial charge in [-0.15, -0.1) is 0 Å². The first-order valence-corrected chi connectivity index (χ1v) is 45.6. The second kappa shape index (κ2) is 51.1. The van der Waals surface area contributed by atoms with Gasteiger partial charge in [0.25, 0.3) is 0 Å². The van der Waals surface area contributed by atoms with E-state index in [1.54, 1.807) is 92.8 Å². The maximum atomic E-state index is 16.0. The fraction of sp³-hybridized carbons (Fsp3) is 0.549. The van der Waals surface area contributed by atoms with Crippen LogP contribution in [0.1, 0.15) is 141 Å². The molecule has 0 radical (unpaired) electrons. The minimum Gasteiger partial charge on any atom is -0.497 e. The predicted molar refractivity (Wildman–Crippen MR) is 493 cm³/mol. The number of aliphatic hydroxyl groups excluding tert-OH is 1. The Balaban J connectivity index is 1.21. The molecule has 0 spiro atoms. The van der Waals surface area contributed by atoms with Crippen molar-refractivity contribution >= 4 is 134 Å². The number of carboxylic acid groups (broad SMARTS) is 2. The zero-order valence-corrected chi connectivity index (χ0v) is 78.0. The summed E-state index contributed by atoms with van der Waals surface area (Å²) in [5, 5.41) is 61.3. The van der Waals surface area contributed by atoms with Gasteiger partial charge in [0.2, 0.25) is 100 Å². The summed E-state index contributed by atoms with van der Waals surface area (Å²) >= 11 is 0. The van der Waals surface area contributed by atoms with Crippen LogP contribution in [0.2, 0.25) is 0 Å². The summed E-state index contributed by atoms with van der Waals surface area (Å²) < 4.78 is 6.75. The lowest BCUT2D eigenvalue weighted by Crippen LogP contribution is -2.62. The number of aromatic nitrogens is 2. The number of carbonyl (C=O) groups excluding carboxylic acids is 17. The number of hydrogen-bond acceptors (Lipinski definition) is 24. The summed E-state index contributed by atoms with van der Waals surface area (Å²) in [6, 6.07) is -2.68. The average molecular weight is 1900 g/mol. The number of amides is 17. The van der Waals surface area contributed by atoms with Gasteiger partial charge in [0.05, 0.1) is 32.7 Å². The zero-order valence-electron chi connectivity index (χ0n) is 78.0. The first-order valence-electron chi connectivity index (χ1n) is 45.6. The van der Waals surface area contributed by atoms with E-state index >= 15 is 33.6 Å². The molecule has 3 aliphatic rings. The van der Waals surface area contributed by atoms with E-state index in [1.807, 2.05) is 13.8 Å². The van der Waals surface area contributed by atoms with Crippen LogP contribution in [0.5, 0.6) is 5.75 Å². The second-order valence-electron chi connectivity index (χ2n) is 34.9. The number of H-pyrrole nitrogens is 1. The molecule has 0 aliphatic carbocycles. The Bertz CT molecular complexity index is 5140. The number of unbranched alkanes of at least 4 members (excludes halogenated alkanes) is 2. The van der Waals surface area contributed by atoms with E-state index < -0.39 is 274 Å². The third-order valence-corrected chi connectivity index (χ3v) is 24.4. The van der Waals surface area contributed by atoms with Crippen molar-refractivity contribution in [3.05, 3.63) is 102 Å². The number of methoxy groups -OCH3 is 1. The molecule has 136 heavy (non-hydrogen) atoms. The first kappa shape index (κ1) is 108. The van der Waals surface area contributed by atoms with Crippen LogP contribution in [0, 0.1) is 5.92 Å². The highest BCUT2D eigenvalue weighted by Crippen LogP contribution is 2.29. The molecule has 742 valence electrons. The fourth-order valence-electron chi connectivity index (χ4n) is 16.9. The van der Waals surface area contributed by atoms with E-state index in [0.29, 0.717) is 69.9 Å². The Hall–Kier alpha value is -13.7. The number of nitrogens with one attached hydrogen (secondary N) is 12. The molecule has 45 nitrogen and oxygen atoms in total. The van der Waals surface area contributed by atoms with Crippen molar-refractivity contribution < 1.29 is 111 Å². The lowest BCUT2D eigenvalue weighted by Gasteiger charge is -2.36. The smallest absolute Gasteiger partial charge is 0.323 e. The molecule has 0 bridgehead atoms. The Labute approximate surface area is 785 Å². The SMILES string of the molecule is CCCC[C@H]1C(=O)N(C)[C@@H](CCCC)C(=O)N[C@@H](CC(C)C)C(=O)N[C@H](C(=O)NCC(N)=O)CNCC(=O)N[C@@H](Cc2ccc(OC)cc2)C(=O)N(C)[C@@H](C)C(=O)N[C@@H](CC(N)=O)C(=O)N2CCC[C@H]2C(=O)N[C@@H](CN)C(=O)N[C@@H](CCC(=O)O)C(=O)N2C[C@H](O)C[C@H]2C(=O)N[C@@H](Cc2c[nH]c3ccccc23)C(=O)N[C@@H](CCN)C(=O)N[C@@H](Cc2cn(CC(=O)O)c3ccccc23)C(=O)N1C. The largest absolute Gasteiger partial charge is 0.497 e. The highest BCUT2D eigenvalue weighted by atomic mass is 16.5. The highest BCUT2D eigenvalue weighted by Gasteiger charge is 2.47. The Morgan fingerprint density at radius 3 is 1.76 bits per heavy atom. The fourth-order valence-corrected chi connectivity index (χ4v) is 16.9. The topological polar surface area (TPSA) is 668 Å². The van der Waals surface area contributed by atoms with E-state index in [1.165, 1.54) is 45.9 Å². The molecule has 5 heterocycles. The summed E-state index contributed by atoms with van der Waals surface area (Å²) in [6.07, 6.45) is -1.07. The molecular weight excluding hydrogens is 1770 g/mol. The third kappa shape index (κ3) is 29.7. The molecule has 3 aromatic carbocycles. The number of para-hydroxylation sites is 2. The van der Waals surface area contributed by atoms with E-state index in [-0.39, 0.29) is 70.4 Å². The number of ether oxygens (including phenoxy) is 1. The van der Waals surface area contributed by atoms with Crippen LogP contribution in [0.4, 0.5) is 0 Å². The van der Waals surface area contributed by atoms with E-state index in [4.69, 9.17) is 27.7 Å². The van der Waals surface area contributed by atoms with Crippen LogP contribution in [0.15, 0.2) is 85.2 Å². The zero-order chi connectivity index (χ0) is 100. The van der Waals surface area contributed by atoms with Crippen LogP contribution >= 0.6 is 0 Å². The van der Waals surface area contributed by atoms with Gasteiger partial charge >= 0.3 is 11.9 Å². The summed E-state index contributed by atoms with van der Waals surface area (Å²) in [4.78, 5) is 282. The molecule has 15 atom stereocenters. The lowest BCUT2D eigenvalue weighted by molar-refractivity contribution is -0.149. The third-order valence-electron chi connectivity index (χ3n) is 24.4. The van der Waals surface area contributed by atoms with Crippen molar-refractivity contribution in [1.82, 2.24) is 92.5 Å². The second-order valence-corrected chi connectivity index (χ2v) is 34.9. The summed E-state index contributed by atoms with van der Waals surface area (Å²) in [5.74, 6) is -19.5. The van der Waals surface area contributed by atoms with Crippen molar-refractivity contribution in [1.29, 1.82) is 0 Å². The molecule has 8 rings (SSSR count). The number of likely N-dealkylation sites (N-methyl/N-ethyl adjacent to an activating group) is 3. The van der Waals surface area contributed by atoms with Gasteiger partial charge in [-0.25, -0.2) is 0 Å². The van der Waals surface area contributed by atoms with Gasteiger partial charge in [-0.05, 0) is 105 Å². The monoisotopic (exact) mass is 1900 g/mol. The van der Waals surface area contributed by atoms with Gasteiger partial charge in [0.15, 0.2) is 0 Å². The average Bonchev–Trinajstić information content (AvgIpc) is 1.61. The van der Waals surface area contributed by atoms with Gasteiger partial charge in [0, 0.05) is 114 Å². The number of aromatic amines is 1. The summed E-state index contributed by atoms with van der Waals surface area (Å²) in [5.41, 5.74) is 25.7. The first-order chi connectivity index (χ1) is 64.6. The number of carbonyl (C=O) groups is 19. The lowest BCUT2D eigenvalue weighted by atomic mass is 9.99. The van der Waals surface area contributed by atoms with Crippen molar-refractivity contribution in [2.75, 3.05) is 74.1 Å². The molecule has 3 saturated heterocycles. The van der Waals surface area contributed by atoms with Gasteiger partial charge in [-0.1, -0.05) is 102 Å². The predicted octanol–water partition coefficient (Wildman–Crippen LogP) is -4.26. The number of nitrogens with two attached hydrogens (primary N) is 4. The van der Waals surface area contributed by atoms with Crippen LogP contribution in [0.25, 0.3) is 21.8 Å². The molecule has 3 aliphatic heterocycles. The van der Waals surface area contributed by atoms with Crippen LogP contribution in [-0.4, -0.2) is 326 Å². The van der Waals surface area contributed by atoms with E-state index in [9.17, 15) is 72.9 Å². The number of primary amides is 2. The minimum atomic E-state index is -1.85. The standard InChI is InChI=1S/C91H130N22O23/c1-10-12-22-69-84(128)102-61(35-49(3)4)81(125)107-67(79(123)98-44-74(95)116)43-96-45-75(117)99-63(36-51-26-28-55(136-9)29-27-51)87(131)108(6)50(5)78(122)104-65(40-73(94)115)90(134)112-34-18-25-70(112)85(129)106-66(41-93)83(127)101-60(30-31-76(118)119)89(133)113-47-54(114)39-72(113)86(130)103-62(37-52-42-97-58-21-16-14-19-56(52)58)82(126)100-59(32-33-92)80(124)105-64(88(132)110(8)71(23-13-11-2)91(135)109(69)7)38-53-46-111(48-77(120)121)68-24-17-15-20-57(53)68/h14-17,19-21,24,26-29,42,46,49-50,54,59-67,69-72,96-97,114H,10-13,18,22-23,25,30-41,43-45,47-48,92-93H2,1-9H3,(H2,94,115)(H2,95,116)(H,98,123)(H,99,117)(H,100,126)(H,101,127)(H,102,128)(H,103,130)(H,104,122)(H,105,124)(H,106,129)(H,107,125)(H,118,119)(H,120,121)/t50-,54+,59-,60-,61-,62-,63-,64-,65-,66-,67-,69-,70-,71-,72-/m0/s1. The molecule has 0 saturated carbocycles. The number of benzene rings is 3. The molecule has 3 fully saturated rings. The number of carboxylic acids is 2. The number of fused-ring (bicyclic) bond motifs is 4. The molecular formula is C91H130N22O23. The van der Waals surface area contributed by atoms with Crippen molar-refractivity contribution in [3.63, 3.8) is 0 Å². The van der Waals surface area contributed by atoms with Crippen molar-refractivity contribution in [3.8, 4) is 5.75 Å². The summed E-state index contributed by atoms with van der Waals surface area (Å²) in [6.45, 7) is 4.08. The maximum absolute atomic E-state index is 16.0. The normalized spacial score (nSPS) is 24.7. The molecule has 5 aromatic rings. The number of hydrogen-bond donors (Lipinski definition) is 19. The quantitative estimate of drug-likeness (QED) is 0.0225. The number of rotatable bonds is 28. The number of aliphatic carboxylic acids is 2. The van der Waals surface area contributed by atoms with E-state index in [0.717, 1.165) is 24.5 Å². The van der Waals surface area contributed by atoms with E-state index in [2.05, 4.69) is 63.5 Å².